The number of rotatable bonds is 2. The highest BCUT2D eigenvalue weighted by atomic mass is 32.2. The van der Waals surface area contributed by atoms with Crippen LogP contribution in [0.3, 0.4) is 0 Å². The van der Waals surface area contributed by atoms with Gasteiger partial charge in [0.1, 0.15) is 11.5 Å². The minimum Gasteiger partial charge on any atom is -0.391 e. The van der Waals surface area contributed by atoms with E-state index in [2.05, 4.69) is 20.1 Å². The Morgan fingerprint density at radius 1 is 1.39 bits per heavy atom. The van der Waals surface area contributed by atoms with Crippen molar-refractivity contribution in [1.29, 1.82) is 0 Å². The van der Waals surface area contributed by atoms with E-state index in [9.17, 15) is 5.11 Å². The molecule has 7 heteroatoms. The molecule has 0 saturated carbocycles. The molecular formula is C11H12N4O2S. The van der Waals surface area contributed by atoms with Crippen molar-refractivity contribution in [3.8, 4) is 11.5 Å². The molecule has 2 atom stereocenters. The summed E-state index contributed by atoms with van der Waals surface area (Å²) < 4.78 is 5.22. The molecule has 18 heavy (non-hydrogen) atoms. The van der Waals surface area contributed by atoms with Gasteiger partial charge < -0.3 is 9.63 Å². The van der Waals surface area contributed by atoms with E-state index in [1.165, 1.54) is 0 Å². The molecule has 0 bridgehead atoms. The van der Waals surface area contributed by atoms with Crippen molar-refractivity contribution in [1.82, 2.24) is 20.1 Å². The summed E-state index contributed by atoms with van der Waals surface area (Å²) in [6.45, 7) is 1.81. The van der Waals surface area contributed by atoms with Gasteiger partial charge in [-0.05, 0) is 13.0 Å². The molecule has 0 aromatic carbocycles. The molecule has 94 valence electrons. The number of aliphatic hydroxyl groups is 1. The van der Waals surface area contributed by atoms with E-state index in [4.69, 9.17) is 4.52 Å². The lowest BCUT2D eigenvalue weighted by molar-refractivity contribution is 0.164. The molecule has 3 rings (SSSR count). The van der Waals surface area contributed by atoms with Crippen LogP contribution in [0.1, 0.15) is 17.6 Å². The number of aliphatic hydroxyl groups excluding tert-OH is 1. The van der Waals surface area contributed by atoms with Crippen LogP contribution in [0.2, 0.25) is 0 Å². The first kappa shape index (κ1) is 11.6. The third-order valence-corrected chi connectivity index (χ3v) is 3.99. The van der Waals surface area contributed by atoms with E-state index >= 15 is 0 Å². The van der Waals surface area contributed by atoms with E-state index in [1.54, 1.807) is 24.0 Å². The number of aromatic nitrogens is 4. The SMILES string of the molecule is Cc1nccc(-c2noc(C3CSCC3O)n2)n1. The van der Waals surface area contributed by atoms with Crippen molar-refractivity contribution in [3.63, 3.8) is 0 Å². The van der Waals surface area contributed by atoms with Crippen molar-refractivity contribution in [2.45, 2.75) is 18.9 Å². The molecule has 2 aromatic rings. The number of hydrogen-bond donors (Lipinski definition) is 1. The van der Waals surface area contributed by atoms with Crippen molar-refractivity contribution in [2.24, 2.45) is 0 Å². The molecule has 0 radical (unpaired) electrons. The summed E-state index contributed by atoms with van der Waals surface area (Å²) >= 11 is 1.69. The fourth-order valence-electron chi connectivity index (χ4n) is 1.85. The number of thioether (sulfide) groups is 1. The zero-order valence-corrected chi connectivity index (χ0v) is 10.6. The van der Waals surface area contributed by atoms with Gasteiger partial charge in [-0.15, -0.1) is 0 Å². The second-order valence-electron chi connectivity index (χ2n) is 4.16. The average molecular weight is 264 g/mol. The Morgan fingerprint density at radius 2 is 2.28 bits per heavy atom. The first-order valence-corrected chi connectivity index (χ1v) is 6.79. The summed E-state index contributed by atoms with van der Waals surface area (Å²) in [4.78, 5) is 12.6. The van der Waals surface area contributed by atoms with E-state index in [1.807, 2.05) is 6.92 Å². The predicted molar refractivity (Wildman–Crippen MR) is 66.1 cm³/mol. The molecule has 1 saturated heterocycles. The highest BCUT2D eigenvalue weighted by molar-refractivity contribution is 7.99. The summed E-state index contributed by atoms with van der Waals surface area (Å²) in [7, 11) is 0. The minimum absolute atomic E-state index is 0.0702. The Bertz CT molecular complexity index is 559. The molecule has 0 aliphatic carbocycles. The molecule has 0 spiro atoms. The number of aryl methyl sites for hydroxylation is 1. The number of nitrogens with zero attached hydrogens (tertiary/aromatic N) is 4. The van der Waals surface area contributed by atoms with Gasteiger partial charge in [0.15, 0.2) is 0 Å². The highest BCUT2D eigenvalue weighted by Crippen LogP contribution is 2.32. The molecule has 2 aromatic heterocycles. The van der Waals surface area contributed by atoms with Gasteiger partial charge in [-0.25, -0.2) is 9.97 Å². The molecule has 6 nitrogen and oxygen atoms in total. The maximum atomic E-state index is 9.79. The van der Waals surface area contributed by atoms with Crippen LogP contribution in [0.25, 0.3) is 11.5 Å². The van der Waals surface area contributed by atoms with E-state index in [0.717, 1.165) is 11.5 Å². The fraction of sp³-hybridized carbons (Fsp3) is 0.455. The largest absolute Gasteiger partial charge is 0.391 e. The second-order valence-corrected chi connectivity index (χ2v) is 5.23. The Morgan fingerprint density at radius 3 is 3.00 bits per heavy atom. The van der Waals surface area contributed by atoms with Crippen LogP contribution < -0.4 is 0 Å². The van der Waals surface area contributed by atoms with Crippen molar-refractivity contribution < 1.29 is 9.63 Å². The van der Waals surface area contributed by atoms with E-state index < -0.39 is 6.10 Å². The maximum absolute atomic E-state index is 9.79. The quantitative estimate of drug-likeness (QED) is 0.866. The highest BCUT2D eigenvalue weighted by Gasteiger charge is 2.32. The normalized spacial score (nSPS) is 23.4. The summed E-state index contributed by atoms with van der Waals surface area (Å²) in [5, 5.41) is 13.7. The van der Waals surface area contributed by atoms with Crippen LogP contribution in [0.15, 0.2) is 16.8 Å². The first-order valence-electron chi connectivity index (χ1n) is 5.63. The Balaban J connectivity index is 1.89. The standard InChI is InChI=1S/C11H12N4O2S/c1-6-12-3-2-8(13-6)10-14-11(17-15-10)7-4-18-5-9(7)16/h2-3,7,9,16H,4-5H2,1H3. The zero-order valence-electron chi connectivity index (χ0n) is 9.78. The minimum atomic E-state index is -0.407. The summed E-state index contributed by atoms with van der Waals surface area (Å²) in [6, 6.07) is 1.74. The smallest absolute Gasteiger partial charge is 0.233 e. The first-order chi connectivity index (χ1) is 8.74. The molecule has 1 N–H and O–H groups in total. The summed E-state index contributed by atoms with van der Waals surface area (Å²) in [5.41, 5.74) is 0.637. The zero-order chi connectivity index (χ0) is 12.5. The van der Waals surface area contributed by atoms with E-state index in [0.29, 0.717) is 23.2 Å². The lowest BCUT2D eigenvalue weighted by Crippen LogP contribution is -2.15. The summed E-state index contributed by atoms with van der Waals surface area (Å²) in [6.07, 6.45) is 1.25. The topological polar surface area (TPSA) is 84.9 Å². The Hall–Kier alpha value is -1.47. The van der Waals surface area contributed by atoms with Crippen LogP contribution in [0, 0.1) is 6.92 Å². The lowest BCUT2D eigenvalue weighted by atomic mass is 10.1. The summed E-state index contributed by atoms with van der Waals surface area (Å²) in [5.74, 6) is 3.05. The number of hydrogen-bond acceptors (Lipinski definition) is 7. The molecule has 1 aliphatic heterocycles. The monoisotopic (exact) mass is 264 g/mol. The lowest BCUT2D eigenvalue weighted by Gasteiger charge is -2.06. The van der Waals surface area contributed by atoms with Crippen LogP contribution >= 0.6 is 11.8 Å². The van der Waals surface area contributed by atoms with Gasteiger partial charge in [-0.2, -0.15) is 16.7 Å². The third kappa shape index (κ3) is 2.11. The fourth-order valence-corrected chi connectivity index (χ4v) is 3.08. The average Bonchev–Trinajstić information content (AvgIpc) is 2.97. The van der Waals surface area contributed by atoms with Crippen LogP contribution in [0.5, 0.6) is 0 Å². The van der Waals surface area contributed by atoms with Crippen LogP contribution in [-0.2, 0) is 0 Å². The second kappa shape index (κ2) is 4.66. The van der Waals surface area contributed by atoms with Crippen LogP contribution in [-0.4, -0.2) is 42.8 Å². The van der Waals surface area contributed by atoms with Gasteiger partial charge in [0.05, 0.1) is 12.0 Å². The van der Waals surface area contributed by atoms with Gasteiger partial charge >= 0.3 is 0 Å². The van der Waals surface area contributed by atoms with Crippen molar-refractivity contribution >= 4 is 11.8 Å². The molecule has 0 amide bonds. The van der Waals surface area contributed by atoms with Crippen LogP contribution in [0.4, 0.5) is 0 Å². The molecule has 2 unspecified atom stereocenters. The van der Waals surface area contributed by atoms with Gasteiger partial charge in [-0.3, -0.25) is 0 Å². The van der Waals surface area contributed by atoms with Gasteiger partial charge in [-0.1, -0.05) is 5.16 Å². The third-order valence-electron chi connectivity index (χ3n) is 2.81. The van der Waals surface area contributed by atoms with Crippen molar-refractivity contribution in [3.05, 3.63) is 24.0 Å². The van der Waals surface area contributed by atoms with Crippen molar-refractivity contribution in [2.75, 3.05) is 11.5 Å². The van der Waals surface area contributed by atoms with Gasteiger partial charge in [0.25, 0.3) is 0 Å². The Labute approximate surface area is 108 Å². The van der Waals surface area contributed by atoms with Gasteiger partial charge in [0, 0.05) is 17.7 Å². The maximum Gasteiger partial charge on any atom is 0.233 e. The molecule has 1 aliphatic rings. The Kier molecular flexibility index (Phi) is 3.00. The molecule has 1 fully saturated rings. The van der Waals surface area contributed by atoms with E-state index in [-0.39, 0.29) is 5.92 Å². The molecule has 3 heterocycles. The predicted octanol–water partition coefficient (Wildman–Crippen LogP) is 1.03. The van der Waals surface area contributed by atoms with Gasteiger partial charge in [0.2, 0.25) is 11.7 Å². The molecular weight excluding hydrogens is 252 g/mol.